The lowest BCUT2D eigenvalue weighted by atomic mass is 10.0. The third kappa shape index (κ3) is 4.40. The van der Waals surface area contributed by atoms with Gasteiger partial charge in [0, 0.05) is 56.7 Å². The third-order valence-corrected chi connectivity index (χ3v) is 5.32. The van der Waals surface area contributed by atoms with Crippen LogP contribution in [0.4, 0.5) is 0 Å². The van der Waals surface area contributed by atoms with E-state index < -0.39 is 9.84 Å². The largest absolute Gasteiger partial charge is 0.486 e. The Morgan fingerprint density at radius 1 is 1.38 bits per heavy atom. The molecule has 140 valence electrons. The molecular formula is C17H22N4O4S. The van der Waals surface area contributed by atoms with Gasteiger partial charge in [-0.25, -0.2) is 8.42 Å². The number of sulfone groups is 1. The van der Waals surface area contributed by atoms with Crippen molar-refractivity contribution >= 4 is 15.7 Å². The van der Waals surface area contributed by atoms with Crippen LogP contribution in [0.15, 0.2) is 24.5 Å². The molecule has 1 aliphatic rings. The number of hydrogen-bond acceptors (Lipinski definition) is 6. The van der Waals surface area contributed by atoms with E-state index in [0.717, 1.165) is 23.2 Å². The van der Waals surface area contributed by atoms with Gasteiger partial charge in [0.05, 0.1) is 11.9 Å². The number of rotatable bonds is 6. The summed E-state index contributed by atoms with van der Waals surface area (Å²) in [7, 11) is -1.27. The summed E-state index contributed by atoms with van der Waals surface area (Å²) in [5, 5.41) is 4.52. The van der Waals surface area contributed by atoms with Gasteiger partial charge in [0.15, 0.2) is 0 Å². The fourth-order valence-electron chi connectivity index (χ4n) is 3.01. The summed E-state index contributed by atoms with van der Waals surface area (Å²) in [6.07, 6.45) is 5.15. The van der Waals surface area contributed by atoms with Crippen molar-refractivity contribution in [3.05, 3.63) is 41.5 Å². The molecule has 0 atom stereocenters. The number of aryl methyl sites for hydroxylation is 1. The van der Waals surface area contributed by atoms with E-state index in [2.05, 4.69) is 10.1 Å². The van der Waals surface area contributed by atoms with E-state index >= 15 is 0 Å². The number of carbonyl (C=O) groups excluding carboxylic acids is 1. The molecule has 8 nitrogen and oxygen atoms in total. The first-order valence-electron chi connectivity index (χ1n) is 8.35. The Morgan fingerprint density at radius 2 is 2.19 bits per heavy atom. The lowest BCUT2D eigenvalue weighted by molar-refractivity contribution is -0.131. The number of ether oxygens (including phenoxy) is 1. The highest BCUT2D eigenvalue weighted by Crippen LogP contribution is 2.24. The molecule has 0 aliphatic carbocycles. The van der Waals surface area contributed by atoms with Crippen molar-refractivity contribution in [2.24, 2.45) is 7.05 Å². The second-order valence-electron chi connectivity index (χ2n) is 6.42. The summed E-state index contributed by atoms with van der Waals surface area (Å²) in [5.41, 5.74) is 2.85. The fourth-order valence-corrected chi connectivity index (χ4v) is 3.56. The van der Waals surface area contributed by atoms with Crippen LogP contribution in [-0.4, -0.2) is 52.5 Å². The van der Waals surface area contributed by atoms with Crippen molar-refractivity contribution in [2.75, 3.05) is 18.6 Å². The molecule has 0 unspecified atom stereocenters. The monoisotopic (exact) mass is 378 g/mol. The van der Waals surface area contributed by atoms with Crippen molar-refractivity contribution in [1.29, 1.82) is 0 Å². The van der Waals surface area contributed by atoms with Crippen molar-refractivity contribution in [3.63, 3.8) is 0 Å². The van der Waals surface area contributed by atoms with Crippen LogP contribution in [0.3, 0.4) is 0 Å². The van der Waals surface area contributed by atoms with E-state index in [4.69, 9.17) is 4.74 Å². The van der Waals surface area contributed by atoms with E-state index in [1.165, 1.54) is 0 Å². The standard InChI is InChI=1S/C17H22N4O4S/c1-20-16-5-8-21(17(22)6-9-26(2,23)24)11-14(16)15(19-20)12-25-13-4-3-7-18-10-13/h3-4,7,10H,5-6,8-9,11-12H2,1-2H3. The molecule has 2 aromatic rings. The van der Waals surface area contributed by atoms with Crippen LogP contribution in [0.1, 0.15) is 23.4 Å². The molecule has 1 amide bonds. The predicted molar refractivity (Wildman–Crippen MR) is 95.2 cm³/mol. The Morgan fingerprint density at radius 3 is 2.88 bits per heavy atom. The molecule has 0 N–H and O–H groups in total. The van der Waals surface area contributed by atoms with Crippen LogP contribution in [0.25, 0.3) is 0 Å². The fraction of sp³-hybridized carbons (Fsp3) is 0.471. The van der Waals surface area contributed by atoms with Crippen LogP contribution < -0.4 is 4.74 Å². The summed E-state index contributed by atoms with van der Waals surface area (Å²) >= 11 is 0. The van der Waals surface area contributed by atoms with Gasteiger partial charge in [0.1, 0.15) is 27.9 Å². The molecule has 0 saturated heterocycles. The van der Waals surface area contributed by atoms with Gasteiger partial charge in [0.2, 0.25) is 5.91 Å². The SMILES string of the molecule is Cn1nc(COc2cccnc2)c2c1CCN(C(=O)CCS(C)(=O)=O)C2. The first kappa shape index (κ1) is 18.4. The van der Waals surface area contributed by atoms with Crippen LogP contribution >= 0.6 is 0 Å². The molecule has 0 fully saturated rings. The second-order valence-corrected chi connectivity index (χ2v) is 8.68. The van der Waals surface area contributed by atoms with Gasteiger partial charge in [-0.3, -0.25) is 14.5 Å². The Kier molecular flexibility index (Phi) is 5.26. The third-order valence-electron chi connectivity index (χ3n) is 4.37. The Hall–Kier alpha value is -2.42. The van der Waals surface area contributed by atoms with Crippen LogP contribution in [0.5, 0.6) is 5.75 Å². The number of aromatic nitrogens is 3. The summed E-state index contributed by atoms with van der Waals surface area (Å²) in [4.78, 5) is 18.1. The van der Waals surface area contributed by atoms with Gasteiger partial charge < -0.3 is 9.64 Å². The zero-order valence-corrected chi connectivity index (χ0v) is 15.7. The number of pyridine rings is 1. The average Bonchev–Trinajstić information content (AvgIpc) is 2.93. The maximum absolute atomic E-state index is 12.3. The van der Waals surface area contributed by atoms with E-state index in [0.29, 0.717) is 31.9 Å². The van der Waals surface area contributed by atoms with E-state index in [-0.39, 0.29) is 18.1 Å². The number of amides is 1. The number of fused-ring (bicyclic) bond motifs is 1. The minimum atomic E-state index is -3.15. The molecule has 3 heterocycles. The Bertz CT molecular complexity index is 893. The topological polar surface area (TPSA) is 94.4 Å². The van der Waals surface area contributed by atoms with E-state index in [1.807, 2.05) is 17.8 Å². The summed E-state index contributed by atoms with van der Waals surface area (Å²) < 4.78 is 30.1. The molecule has 0 bridgehead atoms. The maximum atomic E-state index is 12.3. The molecule has 3 rings (SSSR count). The zero-order chi connectivity index (χ0) is 18.7. The van der Waals surface area contributed by atoms with Crippen molar-refractivity contribution in [1.82, 2.24) is 19.7 Å². The Balaban J connectivity index is 1.70. The highest BCUT2D eigenvalue weighted by Gasteiger charge is 2.27. The minimum Gasteiger partial charge on any atom is -0.486 e. The van der Waals surface area contributed by atoms with Gasteiger partial charge in [-0.1, -0.05) is 0 Å². The van der Waals surface area contributed by atoms with Crippen LogP contribution in [-0.2, 0) is 41.3 Å². The number of nitrogens with zero attached hydrogens (tertiary/aromatic N) is 4. The number of hydrogen-bond donors (Lipinski definition) is 0. The van der Waals surface area contributed by atoms with Crippen LogP contribution in [0, 0.1) is 0 Å². The average molecular weight is 378 g/mol. The maximum Gasteiger partial charge on any atom is 0.223 e. The molecule has 0 saturated carbocycles. The zero-order valence-electron chi connectivity index (χ0n) is 14.9. The number of carbonyl (C=O) groups is 1. The van der Waals surface area contributed by atoms with Gasteiger partial charge in [0.25, 0.3) is 0 Å². The quantitative estimate of drug-likeness (QED) is 0.735. The van der Waals surface area contributed by atoms with Gasteiger partial charge >= 0.3 is 0 Å². The smallest absolute Gasteiger partial charge is 0.223 e. The van der Waals surface area contributed by atoms with Crippen molar-refractivity contribution in [2.45, 2.75) is 26.0 Å². The highest BCUT2D eigenvalue weighted by atomic mass is 32.2. The van der Waals surface area contributed by atoms with E-state index in [9.17, 15) is 13.2 Å². The molecule has 1 aliphatic heterocycles. The van der Waals surface area contributed by atoms with E-state index in [1.54, 1.807) is 23.4 Å². The lowest BCUT2D eigenvalue weighted by Crippen LogP contribution is -2.37. The predicted octanol–water partition coefficient (Wildman–Crippen LogP) is 0.714. The molecule has 0 spiro atoms. The Labute approximate surface area is 152 Å². The first-order chi connectivity index (χ1) is 12.3. The highest BCUT2D eigenvalue weighted by molar-refractivity contribution is 7.90. The molecule has 0 radical (unpaired) electrons. The van der Waals surface area contributed by atoms with Gasteiger partial charge in [-0.2, -0.15) is 5.10 Å². The second kappa shape index (κ2) is 7.45. The van der Waals surface area contributed by atoms with Gasteiger partial charge in [-0.05, 0) is 12.1 Å². The molecular weight excluding hydrogens is 356 g/mol. The molecule has 2 aromatic heterocycles. The van der Waals surface area contributed by atoms with Gasteiger partial charge in [-0.15, -0.1) is 0 Å². The lowest BCUT2D eigenvalue weighted by Gasteiger charge is -2.27. The normalized spacial score (nSPS) is 14.2. The molecule has 26 heavy (non-hydrogen) atoms. The molecule has 9 heteroatoms. The van der Waals surface area contributed by atoms with Crippen molar-refractivity contribution in [3.8, 4) is 5.75 Å². The summed E-state index contributed by atoms with van der Waals surface area (Å²) in [5.74, 6) is 0.381. The molecule has 0 aromatic carbocycles. The summed E-state index contributed by atoms with van der Waals surface area (Å²) in [6, 6.07) is 3.62. The van der Waals surface area contributed by atoms with Crippen molar-refractivity contribution < 1.29 is 17.9 Å². The minimum absolute atomic E-state index is 0.00987. The van der Waals surface area contributed by atoms with Crippen LogP contribution in [0.2, 0.25) is 0 Å². The first-order valence-corrected chi connectivity index (χ1v) is 10.4. The summed E-state index contributed by atoms with van der Waals surface area (Å²) in [6.45, 7) is 1.29.